The summed E-state index contributed by atoms with van der Waals surface area (Å²) in [6.07, 6.45) is 10.4. The summed E-state index contributed by atoms with van der Waals surface area (Å²) in [5.41, 5.74) is 0.317. The number of aliphatic imine (C=N–C) groups is 1. The average Bonchev–Trinajstić information content (AvgIpc) is 3.31. The van der Waals surface area contributed by atoms with Gasteiger partial charge in [-0.2, -0.15) is 5.10 Å². The van der Waals surface area contributed by atoms with E-state index in [0.29, 0.717) is 23.6 Å². The van der Waals surface area contributed by atoms with E-state index in [1.54, 1.807) is 6.33 Å². The molecule has 1 aromatic heterocycles. The molecule has 0 saturated heterocycles. The Kier molecular flexibility index (Phi) is 6.99. The standard InChI is InChI=1S/C19H32N6O.HI/c1-3-20-18(23-14-7-8-17-21-13-22-25(17)12-14)24-15-11-16(26-4-2)19(15)9-5-6-10-19;/h13-16H,3-12H2,1-2H3,(H2,20,23,24);1H. The molecular formula is C19H33IN6O. The van der Waals surface area contributed by atoms with Crippen molar-refractivity contribution >= 4 is 29.9 Å². The molecule has 8 heteroatoms. The number of hydrogen-bond acceptors (Lipinski definition) is 4. The van der Waals surface area contributed by atoms with Crippen molar-refractivity contribution in [1.82, 2.24) is 25.4 Å². The zero-order valence-corrected chi connectivity index (χ0v) is 18.8. The Morgan fingerprint density at radius 3 is 2.89 bits per heavy atom. The molecule has 27 heavy (non-hydrogen) atoms. The third-order valence-corrected chi connectivity index (χ3v) is 6.46. The summed E-state index contributed by atoms with van der Waals surface area (Å²) in [4.78, 5) is 9.03. The number of aryl methyl sites for hydroxylation is 1. The van der Waals surface area contributed by atoms with Gasteiger partial charge in [-0.15, -0.1) is 24.0 Å². The fraction of sp³-hybridized carbons (Fsp3) is 0.842. The number of halogens is 1. The maximum atomic E-state index is 6.05. The molecule has 0 bridgehead atoms. The number of aromatic nitrogens is 3. The van der Waals surface area contributed by atoms with Crippen molar-refractivity contribution in [3.63, 3.8) is 0 Å². The topological polar surface area (TPSA) is 76.4 Å². The average molecular weight is 488 g/mol. The van der Waals surface area contributed by atoms with Crippen LogP contribution in [0.2, 0.25) is 0 Å². The lowest BCUT2D eigenvalue weighted by Crippen LogP contribution is -2.65. The van der Waals surface area contributed by atoms with Gasteiger partial charge in [0.25, 0.3) is 0 Å². The Balaban J connectivity index is 0.00000210. The second kappa shape index (κ2) is 9.07. The van der Waals surface area contributed by atoms with Gasteiger partial charge in [-0.05, 0) is 39.5 Å². The number of ether oxygens (including phenoxy) is 1. The SMILES string of the molecule is CCN=C(NC1CCc2ncnn2C1)NC1CC(OCC)C12CCCC2.I. The maximum absolute atomic E-state index is 6.05. The lowest BCUT2D eigenvalue weighted by Gasteiger charge is -2.54. The van der Waals surface area contributed by atoms with Gasteiger partial charge in [-0.1, -0.05) is 12.8 Å². The van der Waals surface area contributed by atoms with E-state index in [1.807, 2.05) is 4.68 Å². The van der Waals surface area contributed by atoms with Gasteiger partial charge in [-0.25, -0.2) is 9.67 Å². The van der Waals surface area contributed by atoms with Gasteiger partial charge in [0.05, 0.1) is 12.6 Å². The molecule has 2 N–H and O–H groups in total. The van der Waals surface area contributed by atoms with E-state index in [9.17, 15) is 0 Å². The molecular weight excluding hydrogens is 455 g/mol. The molecule has 0 amide bonds. The first-order valence-electron chi connectivity index (χ1n) is 10.3. The summed E-state index contributed by atoms with van der Waals surface area (Å²) in [5, 5.41) is 11.7. The fourth-order valence-corrected chi connectivity index (χ4v) is 5.09. The van der Waals surface area contributed by atoms with Crippen LogP contribution in [0.25, 0.3) is 0 Å². The summed E-state index contributed by atoms with van der Waals surface area (Å²) >= 11 is 0. The smallest absolute Gasteiger partial charge is 0.191 e. The van der Waals surface area contributed by atoms with Crippen LogP contribution in [0.5, 0.6) is 0 Å². The van der Waals surface area contributed by atoms with E-state index in [4.69, 9.17) is 9.73 Å². The minimum atomic E-state index is 0. The van der Waals surface area contributed by atoms with Crippen LogP contribution in [0.3, 0.4) is 0 Å². The highest BCUT2D eigenvalue weighted by molar-refractivity contribution is 14.0. The third kappa shape index (κ3) is 4.11. The molecule has 152 valence electrons. The monoisotopic (exact) mass is 488 g/mol. The largest absolute Gasteiger partial charge is 0.378 e. The predicted molar refractivity (Wildman–Crippen MR) is 117 cm³/mol. The zero-order valence-electron chi connectivity index (χ0n) is 16.5. The molecule has 2 aliphatic carbocycles. The van der Waals surface area contributed by atoms with Crippen molar-refractivity contribution in [3.05, 3.63) is 12.2 Å². The Morgan fingerprint density at radius 1 is 1.33 bits per heavy atom. The van der Waals surface area contributed by atoms with Gasteiger partial charge in [0, 0.05) is 37.1 Å². The molecule has 1 aromatic rings. The molecule has 1 aliphatic heterocycles. The molecule has 3 unspecified atom stereocenters. The van der Waals surface area contributed by atoms with Crippen LogP contribution in [0.4, 0.5) is 0 Å². The number of nitrogens with zero attached hydrogens (tertiary/aromatic N) is 4. The third-order valence-electron chi connectivity index (χ3n) is 6.46. The lowest BCUT2D eigenvalue weighted by molar-refractivity contribution is -0.125. The molecule has 7 nitrogen and oxygen atoms in total. The van der Waals surface area contributed by atoms with Crippen LogP contribution >= 0.6 is 24.0 Å². The van der Waals surface area contributed by atoms with Crippen molar-refractivity contribution in [2.24, 2.45) is 10.4 Å². The van der Waals surface area contributed by atoms with Crippen LogP contribution in [0, 0.1) is 5.41 Å². The summed E-state index contributed by atoms with van der Waals surface area (Å²) in [6, 6.07) is 0.828. The van der Waals surface area contributed by atoms with Crippen molar-refractivity contribution in [2.45, 2.75) is 83.5 Å². The van der Waals surface area contributed by atoms with Crippen molar-refractivity contribution in [3.8, 4) is 0 Å². The maximum Gasteiger partial charge on any atom is 0.191 e. The van der Waals surface area contributed by atoms with Crippen LogP contribution in [0.15, 0.2) is 11.3 Å². The quantitative estimate of drug-likeness (QED) is 0.379. The fourth-order valence-electron chi connectivity index (χ4n) is 5.09. The van der Waals surface area contributed by atoms with E-state index < -0.39 is 0 Å². The van der Waals surface area contributed by atoms with Crippen LogP contribution in [-0.2, 0) is 17.7 Å². The molecule has 1 spiro atoms. The number of hydrogen-bond donors (Lipinski definition) is 2. The Bertz CT molecular complexity index is 642. The summed E-state index contributed by atoms with van der Waals surface area (Å²) in [7, 11) is 0. The highest BCUT2D eigenvalue weighted by Crippen LogP contribution is 2.54. The Labute approximate surface area is 179 Å². The van der Waals surface area contributed by atoms with Gasteiger partial charge in [-0.3, -0.25) is 4.99 Å². The summed E-state index contributed by atoms with van der Waals surface area (Å²) in [5.74, 6) is 2.04. The summed E-state index contributed by atoms with van der Waals surface area (Å²) < 4.78 is 8.06. The second-order valence-electron chi connectivity index (χ2n) is 7.88. The normalized spacial score (nSPS) is 29.0. The molecule has 2 fully saturated rings. The number of guanidine groups is 1. The molecule has 3 aliphatic rings. The molecule has 0 aromatic carbocycles. The number of rotatable bonds is 5. The zero-order chi connectivity index (χ0) is 18.0. The first-order chi connectivity index (χ1) is 12.7. The molecule has 3 atom stereocenters. The minimum absolute atomic E-state index is 0. The molecule has 4 rings (SSSR count). The lowest BCUT2D eigenvalue weighted by atomic mass is 9.60. The van der Waals surface area contributed by atoms with E-state index >= 15 is 0 Å². The van der Waals surface area contributed by atoms with E-state index in [0.717, 1.165) is 50.7 Å². The second-order valence-corrected chi connectivity index (χ2v) is 7.88. The van der Waals surface area contributed by atoms with Crippen molar-refractivity contribution < 1.29 is 4.74 Å². The van der Waals surface area contributed by atoms with Gasteiger partial charge in [0.15, 0.2) is 5.96 Å². The van der Waals surface area contributed by atoms with Crippen LogP contribution in [-0.4, -0.2) is 52.1 Å². The number of fused-ring (bicyclic) bond motifs is 1. The highest BCUT2D eigenvalue weighted by Gasteiger charge is 2.57. The highest BCUT2D eigenvalue weighted by atomic mass is 127. The van der Waals surface area contributed by atoms with Gasteiger partial charge < -0.3 is 15.4 Å². The van der Waals surface area contributed by atoms with Crippen LogP contribution < -0.4 is 10.6 Å². The van der Waals surface area contributed by atoms with Crippen molar-refractivity contribution in [2.75, 3.05) is 13.2 Å². The Morgan fingerprint density at radius 2 is 2.15 bits per heavy atom. The van der Waals surface area contributed by atoms with Crippen molar-refractivity contribution in [1.29, 1.82) is 0 Å². The van der Waals surface area contributed by atoms with Gasteiger partial charge in [0.1, 0.15) is 12.2 Å². The Hall–Kier alpha value is -0.900. The van der Waals surface area contributed by atoms with E-state index in [2.05, 4.69) is 34.6 Å². The molecule has 0 radical (unpaired) electrons. The number of nitrogens with one attached hydrogen (secondary N) is 2. The van der Waals surface area contributed by atoms with Gasteiger partial charge in [0.2, 0.25) is 0 Å². The first-order valence-corrected chi connectivity index (χ1v) is 10.3. The minimum Gasteiger partial charge on any atom is -0.378 e. The molecule has 2 saturated carbocycles. The van der Waals surface area contributed by atoms with E-state index in [1.165, 1.54) is 25.7 Å². The predicted octanol–water partition coefficient (Wildman–Crippen LogP) is 2.50. The first kappa shape index (κ1) is 20.8. The molecule has 2 heterocycles. The van der Waals surface area contributed by atoms with Crippen LogP contribution in [0.1, 0.15) is 58.2 Å². The summed E-state index contributed by atoms with van der Waals surface area (Å²) in [6.45, 7) is 6.66. The van der Waals surface area contributed by atoms with E-state index in [-0.39, 0.29) is 24.0 Å². The van der Waals surface area contributed by atoms with Gasteiger partial charge >= 0.3 is 0 Å².